The van der Waals surface area contributed by atoms with Crippen molar-refractivity contribution in [2.75, 3.05) is 6.54 Å². The molecule has 1 heterocycles. The maximum atomic E-state index is 12.1. The highest BCUT2D eigenvalue weighted by atomic mass is 16.1. The lowest BCUT2D eigenvalue weighted by atomic mass is 10.0. The number of carbonyl (C=O) groups excluding carboxylic acids is 1. The van der Waals surface area contributed by atoms with Crippen molar-refractivity contribution in [1.29, 1.82) is 0 Å². The van der Waals surface area contributed by atoms with Gasteiger partial charge in [0.2, 0.25) is 0 Å². The van der Waals surface area contributed by atoms with E-state index in [1.165, 1.54) is 0 Å². The SMILES string of the molecule is CCC(C)CC(C)NC(=O)c1cncc(C#CCN)c1. The summed E-state index contributed by atoms with van der Waals surface area (Å²) >= 11 is 0. The molecule has 0 spiro atoms. The van der Waals surface area contributed by atoms with Gasteiger partial charge < -0.3 is 11.1 Å². The molecule has 0 saturated carbocycles. The molecule has 0 aliphatic carbocycles. The van der Waals surface area contributed by atoms with E-state index in [2.05, 4.69) is 36.0 Å². The van der Waals surface area contributed by atoms with Crippen molar-refractivity contribution in [2.45, 2.75) is 39.7 Å². The van der Waals surface area contributed by atoms with E-state index in [-0.39, 0.29) is 11.9 Å². The fraction of sp³-hybridized carbons (Fsp3) is 0.500. The highest BCUT2D eigenvalue weighted by Crippen LogP contribution is 2.10. The molecular weight excluding hydrogens is 250 g/mol. The van der Waals surface area contributed by atoms with Crippen LogP contribution in [0.25, 0.3) is 0 Å². The monoisotopic (exact) mass is 273 g/mol. The number of hydrogen-bond acceptors (Lipinski definition) is 3. The second-order valence-electron chi connectivity index (χ2n) is 5.09. The average molecular weight is 273 g/mol. The maximum Gasteiger partial charge on any atom is 0.253 e. The van der Waals surface area contributed by atoms with Crippen LogP contribution in [-0.4, -0.2) is 23.5 Å². The lowest BCUT2D eigenvalue weighted by Gasteiger charge is -2.17. The normalized spacial score (nSPS) is 13.0. The summed E-state index contributed by atoms with van der Waals surface area (Å²) in [6.07, 6.45) is 5.27. The van der Waals surface area contributed by atoms with E-state index in [1.54, 1.807) is 18.5 Å². The van der Waals surface area contributed by atoms with E-state index in [0.29, 0.717) is 23.6 Å². The molecule has 1 aromatic heterocycles. The van der Waals surface area contributed by atoms with Gasteiger partial charge in [0.25, 0.3) is 5.91 Å². The fourth-order valence-electron chi connectivity index (χ4n) is 1.92. The molecule has 0 aromatic carbocycles. The number of nitrogens with one attached hydrogen (secondary N) is 1. The fourth-order valence-corrected chi connectivity index (χ4v) is 1.92. The number of nitrogens with zero attached hydrogens (tertiary/aromatic N) is 1. The zero-order valence-corrected chi connectivity index (χ0v) is 12.4. The highest BCUT2D eigenvalue weighted by Gasteiger charge is 2.12. The van der Waals surface area contributed by atoms with Crippen LogP contribution in [-0.2, 0) is 0 Å². The zero-order valence-electron chi connectivity index (χ0n) is 12.4. The van der Waals surface area contributed by atoms with Gasteiger partial charge in [0.15, 0.2) is 0 Å². The van der Waals surface area contributed by atoms with Gasteiger partial charge in [0, 0.05) is 24.0 Å². The Morgan fingerprint density at radius 2 is 2.20 bits per heavy atom. The molecule has 4 heteroatoms. The first-order chi connectivity index (χ1) is 9.56. The minimum Gasteiger partial charge on any atom is -0.350 e. The molecule has 1 aromatic rings. The Labute approximate surface area is 121 Å². The van der Waals surface area contributed by atoms with Gasteiger partial charge in [-0.3, -0.25) is 9.78 Å². The van der Waals surface area contributed by atoms with Gasteiger partial charge >= 0.3 is 0 Å². The van der Waals surface area contributed by atoms with Crippen molar-refractivity contribution in [2.24, 2.45) is 11.7 Å². The smallest absolute Gasteiger partial charge is 0.253 e. The molecule has 0 aliphatic heterocycles. The summed E-state index contributed by atoms with van der Waals surface area (Å²) < 4.78 is 0. The van der Waals surface area contributed by atoms with Crippen LogP contribution in [0, 0.1) is 17.8 Å². The molecule has 1 rings (SSSR count). The van der Waals surface area contributed by atoms with Crippen molar-refractivity contribution in [3.63, 3.8) is 0 Å². The number of hydrogen-bond donors (Lipinski definition) is 2. The first-order valence-corrected chi connectivity index (χ1v) is 7.01. The summed E-state index contributed by atoms with van der Waals surface area (Å²) in [4.78, 5) is 16.2. The number of aromatic nitrogens is 1. The maximum absolute atomic E-state index is 12.1. The number of amides is 1. The molecule has 0 aliphatic rings. The summed E-state index contributed by atoms with van der Waals surface area (Å²) in [5, 5.41) is 2.99. The lowest BCUT2D eigenvalue weighted by molar-refractivity contribution is 0.0935. The number of pyridine rings is 1. The quantitative estimate of drug-likeness (QED) is 0.806. The van der Waals surface area contributed by atoms with E-state index < -0.39 is 0 Å². The van der Waals surface area contributed by atoms with Crippen LogP contribution in [0.2, 0.25) is 0 Å². The van der Waals surface area contributed by atoms with Crippen molar-refractivity contribution in [3.8, 4) is 11.8 Å². The first kappa shape index (κ1) is 16.2. The molecule has 4 nitrogen and oxygen atoms in total. The Morgan fingerprint density at radius 1 is 1.45 bits per heavy atom. The van der Waals surface area contributed by atoms with Gasteiger partial charge in [-0.1, -0.05) is 32.1 Å². The Kier molecular flexibility index (Phi) is 6.75. The predicted molar refractivity (Wildman–Crippen MR) is 81.2 cm³/mol. The molecule has 0 fully saturated rings. The van der Waals surface area contributed by atoms with Crippen LogP contribution in [0.3, 0.4) is 0 Å². The van der Waals surface area contributed by atoms with Gasteiger partial charge in [-0.25, -0.2) is 0 Å². The molecule has 3 N–H and O–H groups in total. The third-order valence-corrected chi connectivity index (χ3v) is 3.17. The van der Waals surface area contributed by atoms with Crippen molar-refractivity contribution < 1.29 is 4.79 Å². The van der Waals surface area contributed by atoms with E-state index >= 15 is 0 Å². The average Bonchev–Trinajstić information content (AvgIpc) is 2.45. The Bertz CT molecular complexity index is 502. The molecule has 0 bridgehead atoms. The second-order valence-corrected chi connectivity index (χ2v) is 5.09. The predicted octanol–water partition coefficient (Wildman–Crippen LogP) is 1.95. The van der Waals surface area contributed by atoms with Gasteiger partial charge in [-0.2, -0.15) is 0 Å². The van der Waals surface area contributed by atoms with Crippen LogP contribution in [0.5, 0.6) is 0 Å². The van der Waals surface area contributed by atoms with Crippen molar-refractivity contribution >= 4 is 5.91 Å². The third kappa shape index (κ3) is 5.41. The molecule has 0 radical (unpaired) electrons. The first-order valence-electron chi connectivity index (χ1n) is 7.01. The standard InChI is InChI=1S/C16H23N3O/c1-4-12(2)8-13(3)19-16(20)15-9-14(6-5-7-17)10-18-11-15/h9-13H,4,7-8,17H2,1-3H3,(H,19,20). The number of nitrogens with two attached hydrogens (primary N) is 1. The molecule has 2 unspecified atom stereocenters. The van der Waals surface area contributed by atoms with E-state index in [4.69, 9.17) is 5.73 Å². The van der Waals surface area contributed by atoms with Crippen LogP contribution < -0.4 is 11.1 Å². The molecule has 20 heavy (non-hydrogen) atoms. The molecule has 2 atom stereocenters. The Morgan fingerprint density at radius 3 is 2.85 bits per heavy atom. The van der Waals surface area contributed by atoms with E-state index in [1.807, 2.05) is 6.92 Å². The topological polar surface area (TPSA) is 68.0 Å². The van der Waals surface area contributed by atoms with Gasteiger partial charge in [-0.05, 0) is 25.3 Å². The minimum absolute atomic E-state index is 0.107. The Balaban J connectivity index is 2.67. The third-order valence-electron chi connectivity index (χ3n) is 3.17. The van der Waals surface area contributed by atoms with Crippen LogP contribution in [0.15, 0.2) is 18.5 Å². The summed E-state index contributed by atoms with van der Waals surface area (Å²) in [6, 6.07) is 1.89. The highest BCUT2D eigenvalue weighted by molar-refractivity contribution is 5.94. The van der Waals surface area contributed by atoms with Crippen LogP contribution >= 0.6 is 0 Å². The van der Waals surface area contributed by atoms with Crippen molar-refractivity contribution in [3.05, 3.63) is 29.6 Å². The molecule has 108 valence electrons. The van der Waals surface area contributed by atoms with Gasteiger partial charge in [0.1, 0.15) is 0 Å². The van der Waals surface area contributed by atoms with E-state index in [9.17, 15) is 4.79 Å². The molecule has 0 saturated heterocycles. The van der Waals surface area contributed by atoms with Crippen LogP contribution in [0.4, 0.5) is 0 Å². The zero-order chi connectivity index (χ0) is 15.0. The summed E-state index contributed by atoms with van der Waals surface area (Å²) in [7, 11) is 0. The van der Waals surface area contributed by atoms with Crippen LogP contribution in [0.1, 0.15) is 49.5 Å². The second kappa shape index (κ2) is 8.34. The molecule has 1 amide bonds. The largest absolute Gasteiger partial charge is 0.350 e. The number of carbonyl (C=O) groups is 1. The minimum atomic E-state index is -0.107. The number of rotatable bonds is 5. The van der Waals surface area contributed by atoms with Crippen molar-refractivity contribution in [1.82, 2.24) is 10.3 Å². The Hall–Kier alpha value is -1.86. The van der Waals surface area contributed by atoms with Gasteiger partial charge in [-0.15, -0.1) is 0 Å². The van der Waals surface area contributed by atoms with E-state index in [0.717, 1.165) is 12.8 Å². The summed E-state index contributed by atoms with van der Waals surface area (Å²) in [5.74, 6) is 6.12. The summed E-state index contributed by atoms with van der Waals surface area (Å²) in [6.45, 7) is 6.66. The van der Waals surface area contributed by atoms with Gasteiger partial charge in [0.05, 0.1) is 12.1 Å². The summed E-state index contributed by atoms with van der Waals surface area (Å²) in [5.41, 5.74) is 6.56. The molecular formula is C16H23N3O. The lowest BCUT2D eigenvalue weighted by Crippen LogP contribution is -2.33.